The summed E-state index contributed by atoms with van der Waals surface area (Å²) in [6.07, 6.45) is 9.93. The van der Waals surface area contributed by atoms with Crippen LogP contribution in [0.15, 0.2) is 18.5 Å². The van der Waals surface area contributed by atoms with Crippen molar-refractivity contribution in [2.45, 2.75) is 64.1 Å². The Balaban J connectivity index is 1.53. The van der Waals surface area contributed by atoms with E-state index in [1.54, 1.807) is 0 Å². The molecule has 2 atom stereocenters. The molecule has 1 saturated carbocycles. The minimum atomic E-state index is 0.328. The van der Waals surface area contributed by atoms with E-state index in [1.807, 2.05) is 25.6 Å². The number of aromatic nitrogens is 2. The lowest BCUT2D eigenvalue weighted by molar-refractivity contribution is -0.126. The molecule has 5 heteroatoms. The number of ether oxygens (including phenoxy) is 1. The van der Waals surface area contributed by atoms with E-state index in [0.717, 1.165) is 38.3 Å². The highest BCUT2D eigenvalue weighted by Gasteiger charge is 2.53. The number of methoxy groups -OCH3 is 1. The van der Waals surface area contributed by atoms with Crippen molar-refractivity contribution in [3.8, 4) is 0 Å². The van der Waals surface area contributed by atoms with Gasteiger partial charge in [-0.1, -0.05) is 13.8 Å². The Hall–Kier alpha value is -1.20. The Morgan fingerprint density at radius 2 is 1.87 bits per heavy atom. The second kappa shape index (κ2) is 7.14. The first kappa shape index (κ1) is 16.7. The predicted molar refractivity (Wildman–Crippen MR) is 92.6 cm³/mol. The quantitative estimate of drug-likeness (QED) is 0.874. The fraction of sp³-hybridized carbons (Fsp3) is 0.778. The lowest BCUT2D eigenvalue weighted by Gasteiger charge is -2.56. The molecule has 1 saturated heterocycles. The Kier molecular flexibility index (Phi) is 5.17. The predicted octanol–water partition coefficient (Wildman–Crippen LogP) is 2.63. The zero-order valence-corrected chi connectivity index (χ0v) is 14.7. The summed E-state index contributed by atoms with van der Waals surface area (Å²) >= 11 is 0. The number of nitrogens with one attached hydrogen (secondary N) is 1. The van der Waals surface area contributed by atoms with Crippen LogP contribution in [0.25, 0.3) is 0 Å². The standard InChI is InChI=1S/C18H30N4O/c1-4-18(5-2)15(13-16(18)23-3)21-14-7-11-22(12-8-14)17-19-9-6-10-20-17/h6,9-10,14-16,21H,4-5,7-8,11-13H2,1-3H3/t15-,16-/m1/s1. The first-order valence-electron chi connectivity index (χ1n) is 9.04. The molecular weight excluding hydrogens is 288 g/mol. The molecule has 1 aliphatic carbocycles. The summed E-state index contributed by atoms with van der Waals surface area (Å²) in [6, 6.07) is 3.08. The van der Waals surface area contributed by atoms with E-state index in [-0.39, 0.29) is 0 Å². The Morgan fingerprint density at radius 3 is 2.43 bits per heavy atom. The normalized spacial score (nSPS) is 27.7. The molecule has 3 rings (SSSR count). The van der Waals surface area contributed by atoms with Gasteiger partial charge in [-0.2, -0.15) is 0 Å². The van der Waals surface area contributed by atoms with E-state index in [9.17, 15) is 0 Å². The smallest absolute Gasteiger partial charge is 0.225 e. The van der Waals surface area contributed by atoms with Crippen LogP contribution in [0.4, 0.5) is 5.95 Å². The fourth-order valence-electron chi connectivity index (χ4n) is 4.50. The summed E-state index contributed by atoms with van der Waals surface area (Å²) in [5.74, 6) is 0.866. The monoisotopic (exact) mass is 318 g/mol. The molecule has 2 heterocycles. The topological polar surface area (TPSA) is 50.3 Å². The van der Waals surface area contributed by atoms with Gasteiger partial charge in [0, 0.05) is 50.1 Å². The number of hydrogen-bond acceptors (Lipinski definition) is 5. The van der Waals surface area contributed by atoms with Crippen molar-refractivity contribution < 1.29 is 4.74 Å². The Morgan fingerprint density at radius 1 is 1.22 bits per heavy atom. The van der Waals surface area contributed by atoms with Crippen molar-refractivity contribution in [3.63, 3.8) is 0 Å². The third-order valence-electron chi connectivity index (χ3n) is 6.15. The molecule has 1 aliphatic heterocycles. The Bertz CT molecular complexity index is 483. The van der Waals surface area contributed by atoms with E-state index in [2.05, 4.69) is 34.0 Å². The number of anilines is 1. The van der Waals surface area contributed by atoms with Crippen LogP contribution in [-0.4, -0.2) is 48.4 Å². The van der Waals surface area contributed by atoms with Crippen LogP contribution in [0.3, 0.4) is 0 Å². The first-order valence-corrected chi connectivity index (χ1v) is 9.04. The zero-order chi connectivity index (χ0) is 16.3. The molecule has 0 spiro atoms. The number of nitrogens with zero attached hydrogens (tertiary/aromatic N) is 3. The third-order valence-corrected chi connectivity index (χ3v) is 6.15. The molecule has 128 valence electrons. The molecule has 1 aromatic rings. The largest absolute Gasteiger partial charge is 0.381 e. The number of rotatable bonds is 6. The van der Waals surface area contributed by atoms with Gasteiger partial charge in [-0.05, 0) is 38.2 Å². The molecule has 2 fully saturated rings. The van der Waals surface area contributed by atoms with Crippen LogP contribution in [0, 0.1) is 5.41 Å². The van der Waals surface area contributed by atoms with Crippen molar-refractivity contribution in [2.75, 3.05) is 25.1 Å². The molecule has 0 bridgehead atoms. The van der Waals surface area contributed by atoms with Crippen LogP contribution >= 0.6 is 0 Å². The number of hydrogen-bond donors (Lipinski definition) is 1. The second-order valence-corrected chi connectivity index (χ2v) is 6.93. The molecule has 1 aromatic heterocycles. The molecule has 0 amide bonds. The van der Waals surface area contributed by atoms with Crippen molar-refractivity contribution in [3.05, 3.63) is 18.5 Å². The summed E-state index contributed by atoms with van der Waals surface area (Å²) < 4.78 is 5.71. The van der Waals surface area contributed by atoms with Crippen LogP contribution in [0.1, 0.15) is 46.0 Å². The second-order valence-electron chi connectivity index (χ2n) is 6.93. The van der Waals surface area contributed by atoms with Crippen LogP contribution < -0.4 is 10.2 Å². The first-order chi connectivity index (χ1) is 11.2. The summed E-state index contributed by atoms with van der Waals surface area (Å²) in [5.41, 5.74) is 0.328. The molecule has 0 aromatic carbocycles. The maximum Gasteiger partial charge on any atom is 0.225 e. The van der Waals surface area contributed by atoms with Crippen molar-refractivity contribution in [1.82, 2.24) is 15.3 Å². The van der Waals surface area contributed by atoms with E-state index < -0.39 is 0 Å². The van der Waals surface area contributed by atoms with Gasteiger partial charge in [0.25, 0.3) is 0 Å². The van der Waals surface area contributed by atoms with E-state index in [4.69, 9.17) is 4.74 Å². The Labute approximate surface area is 139 Å². The van der Waals surface area contributed by atoms with E-state index in [0.29, 0.717) is 23.6 Å². The van der Waals surface area contributed by atoms with Gasteiger partial charge in [0.05, 0.1) is 6.10 Å². The highest BCUT2D eigenvalue weighted by atomic mass is 16.5. The van der Waals surface area contributed by atoms with Gasteiger partial charge in [-0.15, -0.1) is 0 Å². The molecular formula is C18H30N4O. The minimum Gasteiger partial charge on any atom is -0.381 e. The highest BCUT2D eigenvalue weighted by Crippen LogP contribution is 2.49. The summed E-state index contributed by atoms with van der Waals surface area (Å²) in [7, 11) is 1.86. The van der Waals surface area contributed by atoms with Gasteiger partial charge in [0.1, 0.15) is 0 Å². The van der Waals surface area contributed by atoms with Gasteiger partial charge in [-0.3, -0.25) is 0 Å². The van der Waals surface area contributed by atoms with E-state index >= 15 is 0 Å². The third kappa shape index (κ3) is 3.09. The molecule has 5 nitrogen and oxygen atoms in total. The zero-order valence-electron chi connectivity index (χ0n) is 14.7. The summed E-state index contributed by atoms with van der Waals surface area (Å²) in [5, 5.41) is 3.94. The van der Waals surface area contributed by atoms with E-state index in [1.165, 1.54) is 12.8 Å². The van der Waals surface area contributed by atoms with Crippen LogP contribution in [0.2, 0.25) is 0 Å². The van der Waals surface area contributed by atoms with Crippen molar-refractivity contribution in [1.29, 1.82) is 0 Å². The van der Waals surface area contributed by atoms with Gasteiger partial charge < -0.3 is 15.0 Å². The van der Waals surface area contributed by atoms with Crippen molar-refractivity contribution >= 4 is 5.95 Å². The average molecular weight is 318 g/mol. The van der Waals surface area contributed by atoms with Crippen molar-refractivity contribution in [2.24, 2.45) is 5.41 Å². The summed E-state index contributed by atoms with van der Waals surface area (Å²) in [4.78, 5) is 11.0. The molecule has 23 heavy (non-hydrogen) atoms. The highest BCUT2D eigenvalue weighted by molar-refractivity contribution is 5.29. The molecule has 2 aliphatic rings. The molecule has 1 N–H and O–H groups in total. The maximum atomic E-state index is 5.71. The minimum absolute atomic E-state index is 0.328. The van der Waals surface area contributed by atoms with Crippen LogP contribution in [0.5, 0.6) is 0 Å². The molecule has 0 unspecified atom stereocenters. The summed E-state index contributed by atoms with van der Waals surface area (Å²) in [6.45, 7) is 6.68. The molecule has 0 radical (unpaired) electrons. The fourth-order valence-corrected chi connectivity index (χ4v) is 4.50. The van der Waals surface area contributed by atoms with Crippen LogP contribution in [-0.2, 0) is 4.74 Å². The average Bonchev–Trinajstić information content (AvgIpc) is 2.61. The van der Waals surface area contributed by atoms with Gasteiger partial charge in [0.2, 0.25) is 5.95 Å². The maximum absolute atomic E-state index is 5.71. The number of piperidine rings is 1. The lowest BCUT2D eigenvalue weighted by Crippen LogP contribution is -2.65. The van der Waals surface area contributed by atoms with Gasteiger partial charge >= 0.3 is 0 Å². The lowest BCUT2D eigenvalue weighted by atomic mass is 9.58. The SMILES string of the molecule is CCC1(CC)[C@H](NC2CCN(c3ncccn3)CC2)C[C@H]1OC. The van der Waals surface area contributed by atoms with Gasteiger partial charge in [-0.25, -0.2) is 9.97 Å². The van der Waals surface area contributed by atoms with Gasteiger partial charge in [0.15, 0.2) is 0 Å².